The molecular weight excluding hydrogens is 262 g/mol. The second-order valence-electron chi connectivity index (χ2n) is 5.48. The molecule has 0 saturated heterocycles. The van der Waals surface area contributed by atoms with Gasteiger partial charge in [-0.05, 0) is 42.9 Å². The van der Waals surface area contributed by atoms with E-state index < -0.39 is 10.0 Å². The van der Waals surface area contributed by atoms with Crippen LogP contribution in [0.3, 0.4) is 0 Å². The fourth-order valence-electron chi connectivity index (χ4n) is 2.49. The van der Waals surface area contributed by atoms with Crippen LogP contribution in [0, 0.1) is 11.8 Å². The van der Waals surface area contributed by atoms with Gasteiger partial charge in [0.25, 0.3) is 0 Å². The minimum atomic E-state index is -3.51. The molecule has 0 amide bonds. The van der Waals surface area contributed by atoms with Crippen molar-refractivity contribution >= 4 is 10.0 Å². The van der Waals surface area contributed by atoms with Gasteiger partial charge in [-0.25, -0.2) is 13.1 Å². The highest BCUT2D eigenvalue weighted by atomic mass is 32.2. The van der Waals surface area contributed by atoms with Gasteiger partial charge in [0, 0.05) is 6.54 Å². The largest absolute Gasteiger partial charge is 0.508 e. The number of phenols is 1. The Morgan fingerprint density at radius 3 is 2.58 bits per heavy atom. The zero-order valence-corrected chi connectivity index (χ0v) is 12.0. The standard InChI is InChI=1S/C14H21NO3S/c1-11-5-7-12(8-6-11)10-15-19(17,18)14-4-2-3-13(16)9-14/h2-4,9,11-12,15-16H,5-8,10H2,1H3. The van der Waals surface area contributed by atoms with Gasteiger partial charge in [-0.15, -0.1) is 0 Å². The third-order valence-electron chi connectivity index (χ3n) is 3.83. The lowest BCUT2D eigenvalue weighted by Crippen LogP contribution is -2.31. The average molecular weight is 283 g/mol. The summed E-state index contributed by atoms with van der Waals surface area (Å²) in [4.78, 5) is 0.122. The molecule has 0 aliphatic heterocycles. The Balaban J connectivity index is 1.95. The molecule has 106 valence electrons. The Bertz CT molecular complexity index is 519. The van der Waals surface area contributed by atoms with Crippen molar-refractivity contribution in [3.63, 3.8) is 0 Å². The molecule has 1 saturated carbocycles. The maximum Gasteiger partial charge on any atom is 0.240 e. The van der Waals surface area contributed by atoms with E-state index in [1.165, 1.54) is 37.1 Å². The number of nitrogens with one attached hydrogen (secondary N) is 1. The van der Waals surface area contributed by atoms with E-state index in [4.69, 9.17) is 0 Å². The second kappa shape index (κ2) is 5.92. The smallest absolute Gasteiger partial charge is 0.240 e. The Morgan fingerprint density at radius 1 is 1.26 bits per heavy atom. The molecule has 0 bridgehead atoms. The predicted octanol–water partition coefficient (Wildman–Crippen LogP) is 2.50. The van der Waals surface area contributed by atoms with Crippen LogP contribution in [0.5, 0.6) is 5.75 Å². The van der Waals surface area contributed by atoms with Crippen LogP contribution in [0.15, 0.2) is 29.2 Å². The summed E-state index contributed by atoms with van der Waals surface area (Å²) in [5.41, 5.74) is 0. The minimum Gasteiger partial charge on any atom is -0.508 e. The number of aromatic hydroxyl groups is 1. The van der Waals surface area contributed by atoms with Gasteiger partial charge in [-0.2, -0.15) is 0 Å². The van der Waals surface area contributed by atoms with Crippen LogP contribution in [0.4, 0.5) is 0 Å². The predicted molar refractivity (Wildman–Crippen MR) is 74.4 cm³/mol. The monoisotopic (exact) mass is 283 g/mol. The Morgan fingerprint density at radius 2 is 1.95 bits per heavy atom. The first-order valence-corrected chi connectivity index (χ1v) is 8.24. The van der Waals surface area contributed by atoms with E-state index in [1.54, 1.807) is 0 Å². The molecule has 1 fully saturated rings. The van der Waals surface area contributed by atoms with E-state index in [0.717, 1.165) is 18.8 Å². The lowest BCUT2D eigenvalue weighted by Gasteiger charge is -2.26. The molecule has 1 aromatic rings. The van der Waals surface area contributed by atoms with E-state index in [-0.39, 0.29) is 10.6 Å². The highest BCUT2D eigenvalue weighted by Gasteiger charge is 2.21. The zero-order valence-electron chi connectivity index (χ0n) is 11.2. The van der Waals surface area contributed by atoms with Gasteiger partial charge in [0.15, 0.2) is 0 Å². The number of sulfonamides is 1. The summed E-state index contributed by atoms with van der Waals surface area (Å²) < 4.78 is 26.8. The first-order valence-electron chi connectivity index (χ1n) is 6.76. The Kier molecular flexibility index (Phi) is 4.47. The fourth-order valence-corrected chi connectivity index (χ4v) is 3.65. The molecule has 5 heteroatoms. The molecule has 1 aliphatic carbocycles. The molecule has 1 aromatic carbocycles. The molecule has 2 N–H and O–H groups in total. The summed E-state index contributed by atoms with van der Waals surface area (Å²) in [7, 11) is -3.51. The molecule has 0 aromatic heterocycles. The van der Waals surface area contributed by atoms with Crippen molar-refractivity contribution < 1.29 is 13.5 Å². The third kappa shape index (κ3) is 3.94. The van der Waals surface area contributed by atoms with Gasteiger partial charge in [0.1, 0.15) is 5.75 Å². The van der Waals surface area contributed by atoms with Gasteiger partial charge in [0.05, 0.1) is 4.90 Å². The molecular formula is C14H21NO3S. The van der Waals surface area contributed by atoms with Crippen molar-refractivity contribution in [1.29, 1.82) is 0 Å². The van der Waals surface area contributed by atoms with E-state index in [0.29, 0.717) is 12.5 Å². The van der Waals surface area contributed by atoms with Crippen LogP contribution in [0.1, 0.15) is 32.6 Å². The van der Waals surface area contributed by atoms with Crippen molar-refractivity contribution in [3.8, 4) is 5.75 Å². The zero-order chi connectivity index (χ0) is 13.9. The summed E-state index contributed by atoms with van der Waals surface area (Å²) in [6.45, 7) is 2.73. The first kappa shape index (κ1) is 14.3. The van der Waals surface area contributed by atoms with E-state index >= 15 is 0 Å². The highest BCUT2D eigenvalue weighted by Crippen LogP contribution is 2.28. The van der Waals surface area contributed by atoms with Gasteiger partial charge >= 0.3 is 0 Å². The summed E-state index contributed by atoms with van der Waals surface area (Å²) >= 11 is 0. The SMILES string of the molecule is CC1CCC(CNS(=O)(=O)c2cccc(O)c2)CC1. The van der Waals surface area contributed by atoms with Crippen molar-refractivity contribution in [3.05, 3.63) is 24.3 Å². The number of hydrogen-bond acceptors (Lipinski definition) is 3. The Labute approximate surface area is 114 Å². The first-order chi connectivity index (χ1) is 8.97. The van der Waals surface area contributed by atoms with Crippen molar-refractivity contribution in [2.75, 3.05) is 6.54 Å². The van der Waals surface area contributed by atoms with Crippen molar-refractivity contribution in [2.45, 2.75) is 37.5 Å². The lowest BCUT2D eigenvalue weighted by atomic mass is 9.83. The molecule has 19 heavy (non-hydrogen) atoms. The number of hydrogen-bond donors (Lipinski definition) is 2. The summed E-state index contributed by atoms with van der Waals surface area (Å²) in [5.74, 6) is 1.16. The van der Waals surface area contributed by atoms with Gasteiger partial charge in [-0.1, -0.05) is 25.8 Å². The van der Waals surface area contributed by atoms with Crippen LogP contribution in [-0.2, 0) is 10.0 Å². The van der Waals surface area contributed by atoms with E-state index in [1.807, 2.05) is 0 Å². The van der Waals surface area contributed by atoms with Crippen molar-refractivity contribution in [1.82, 2.24) is 4.72 Å². The van der Waals surface area contributed by atoms with Crippen LogP contribution >= 0.6 is 0 Å². The lowest BCUT2D eigenvalue weighted by molar-refractivity contribution is 0.290. The van der Waals surface area contributed by atoms with E-state index in [9.17, 15) is 13.5 Å². The molecule has 1 aliphatic rings. The summed E-state index contributed by atoms with van der Waals surface area (Å²) in [5, 5.41) is 9.33. The van der Waals surface area contributed by atoms with Crippen LogP contribution < -0.4 is 4.72 Å². The quantitative estimate of drug-likeness (QED) is 0.892. The maximum atomic E-state index is 12.1. The van der Waals surface area contributed by atoms with Gasteiger partial charge in [0.2, 0.25) is 10.0 Å². The van der Waals surface area contributed by atoms with Crippen LogP contribution in [0.25, 0.3) is 0 Å². The molecule has 0 radical (unpaired) electrons. The number of rotatable bonds is 4. The molecule has 0 spiro atoms. The van der Waals surface area contributed by atoms with Crippen molar-refractivity contribution in [2.24, 2.45) is 11.8 Å². The van der Waals surface area contributed by atoms with Crippen LogP contribution in [0.2, 0.25) is 0 Å². The number of phenolic OH excluding ortho intramolecular Hbond substituents is 1. The normalized spacial score (nSPS) is 24.3. The molecule has 0 atom stereocenters. The van der Waals surface area contributed by atoms with E-state index in [2.05, 4.69) is 11.6 Å². The molecule has 0 unspecified atom stereocenters. The summed E-state index contributed by atoms with van der Waals surface area (Å²) in [6.07, 6.45) is 4.53. The minimum absolute atomic E-state index is 0.0330. The molecule has 4 nitrogen and oxygen atoms in total. The van der Waals surface area contributed by atoms with Gasteiger partial charge < -0.3 is 5.11 Å². The highest BCUT2D eigenvalue weighted by molar-refractivity contribution is 7.89. The Hall–Kier alpha value is -1.07. The summed E-state index contributed by atoms with van der Waals surface area (Å²) in [6, 6.07) is 5.75. The number of benzene rings is 1. The molecule has 0 heterocycles. The topological polar surface area (TPSA) is 66.4 Å². The third-order valence-corrected chi connectivity index (χ3v) is 5.25. The maximum absolute atomic E-state index is 12.1. The van der Waals surface area contributed by atoms with Gasteiger partial charge in [-0.3, -0.25) is 0 Å². The molecule has 2 rings (SSSR count). The second-order valence-corrected chi connectivity index (χ2v) is 7.24. The van der Waals surface area contributed by atoms with Crippen LogP contribution in [-0.4, -0.2) is 20.1 Å². The fraction of sp³-hybridized carbons (Fsp3) is 0.571. The average Bonchev–Trinajstić information content (AvgIpc) is 2.38.